The van der Waals surface area contributed by atoms with Crippen LogP contribution >= 0.6 is 0 Å². The Kier molecular flexibility index (Phi) is 2.41. The van der Waals surface area contributed by atoms with Gasteiger partial charge in [0.15, 0.2) is 5.78 Å². The van der Waals surface area contributed by atoms with Gasteiger partial charge in [-0.25, -0.2) is 0 Å². The number of Topliss-reactive ketones (excluding diaryl/α,β-unsaturated/α-hetero) is 1. The van der Waals surface area contributed by atoms with Crippen molar-refractivity contribution in [2.24, 2.45) is 5.92 Å². The molecule has 1 saturated carbocycles. The monoisotopic (exact) mass is 206 g/mol. The number of H-pyrrole nitrogens is 1. The van der Waals surface area contributed by atoms with E-state index in [9.17, 15) is 4.79 Å². The van der Waals surface area contributed by atoms with E-state index in [1.54, 1.807) is 6.20 Å². The van der Waals surface area contributed by atoms with Crippen molar-refractivity contribution in [2.75, 3.05) is 0 Å². The lowest BCUT2D eigenvalue weighted by Crippen LogP contribution is -2.16. The van der Waals surface area contributed by atoms with Crippen molar-refractivity contribution in [3.05, 3.63) is 17.5 Å². The van der Waals surface area contributed by atoms with Crippen molar-refractivity contribution in [3.63, 3.8) is 0 Å². The van der Waals surface area contributed by atoms with Crippen LogP contribution in [-0.4, -0.2) is 16.0 Å². The van der Waals surface area contributed by atoms with Gasteiger partial charge < -0.3 is 0 Å². The molecular weight excluding hydrogens is 188 g/mol. The van der Waals surface area contributed by atoms with E-state index in [-0.39, 0.29) is 11.2 Å². The summed E-state index contributed by atoms with van der Waals surface area (Å²) < 4.78 is 0. The highest BCUT2D eigenvalue weighted by Gasteiger charge is 2.29. The average molecular weight is 206 g/mol. The summed E-state index contributed by atoms with van der Waals surface area (Å²) in [6.07, 6.45) is 4.80. The predicted molar refractivity (Wildman–Crippen MR) is 59.0 cm³/mol. The first-order valence-electron chi connectivity index (χ1n) is 5.55. The fourth-order valence-electron chi connectivity index (χ4n) is 1.76. The van der Waals surface area contributed by atoms with Crippen LogP contribution < -0.4 is 0 Å². The molecule has 3 nitrogen and oxygen atoms in total. The van der Waals surface area contributed by atoms with Crippen molar-refractivity contribution in [1.29, 1.82) is 0 Å². The molecule has 1 N–H and O–H groups in total. The molecule has 0 unspecified atom stereocenters. The van der Waals surface area contributed by atoms with E-state index in [1.807, 2.05) is 0 Å². The highest BCUT2D eigenvalue weighted by Crippen LogP contribution is 2.34. The second kappa shape index (κ2) is 3.47. The minimum Gasteiger partial charge on any atom is -0.294 e. The summed E-state index contributed by atoms with van der Waals surface area (Å²) >= 11 is 0. The lowest BCUT2D eigenvalue weighted by molar-refractivity contribution is 0.0974. The second-order valence-corrected chi connectivity index (χ2v) is 5.48. The average Bonchev–Trinajstić information content (AvgIpc) is 2.80. The molecule has 1 aromatic heterocycles. The molecule has 0 spiro atoms. The van der Waals surface area contributed by atoms with Crippen LogP contribution in [0, 0.1) is 5.92 Å². The van der Waals surface area contributed by atoms with Gasteiger partial charge in [0, 0.05) is 11.8 Å². The van der Waals surface area contributed by atoms with Crippen LogP contribution in [0.25, 0.3) is 0 Å². The van der Waals surface area contributed by atoms with Crippen LogP contribution in [0.15, 0.2) is 6.20 Å². The van der Waals surface area contributed by atoms with Gasteiger partial charge in [-0.2, -0.15) is 5.10 Å². The Balaban J connectivity index is 2.19. The Morgan fingerprint density at radius 3 is 2.73 bits per heavy atom. The number of aromatic amines is 1. The maximum absolute atomic E-state index is 12.0. The Morgan fingerprint density at radius 1 is 1.53 bits per heavy atom. The molecule has 1 aromatic rings. The molecule has 0 aliphatic heterocycles. The van der Waals surface area contributed by atoms with Crippen molar-refractivity contribution in [2.45, 2.75) is 45.4 Å². The number of carbonyl (C=O) groups excluding carboxylic acids is 1. The largest absolute Gasteiger partial charge is 0.294 e. The summed E-state index contributed by atoms with van der Waals surface area (Å²) in [4.78, 5) is 12.0. The van der Waals surface area contributed by atoms with Crippen LogP contribution in [-0.2, 0) is 5.41 Å². The molecule has 0 aromatic carbocycles. The number of rotatable bonds is 3. The molecule has 1 heterocycles. The summed E-state index contributed by atoms with van der Waals surface area (Å²) in [5.41, 5.74) is 1.72. The molecule has 0 radical (unpaired) electrons. The molecule has 15 heavy (non-hydrogen) atoms. The highest BCUT2D eigenvalue weighted by molar-refractivity contribution is 5.97. The van der Waals surface area contributed by atoms with Crippen molar-refractivity contribution in [3.8, 4) is 0 Å². The Morgan fingerprint density at radius 2 is 2.20 bits per heavy atom. The van der Waals surface area contributed by atoms with E-state index in [0.717, 1.165) is 11.3 Å². The van der Waals surface area contributed by atoms with Crippen LogP contribution in [0.5, 0.6) is 0 Å². The van der Waals surface area contributed by atoms with Crippen LogP contribution in [0.2, 0.25) is 0 Å². The van der Waals surface area contributed by atoms with Gasteiger partial charge in [0.1, 0.15) is 0 Å². The number of hydrogen-bond acceptors (Lipinski definition) is 2. The smallest absolute Gasteiger partial charge is 0.166 e. The number of nitrogens with zero attached hydrogens (tertiary/aromatic N) is 1. The van der Waals surface area contributed by atoms with E-state index in [1.165, 1.54) is 12.8 Å². The predicted octanol–water partition coefficient (Wildman–Crippen LogP) is 2.69. The van der Waals surface area contributed by atoms with Crippen LogP contribution in [0.1, 0.15) is 56.1 Å². The lowest BCUT2D eigenvalue weighted by atomic mass is 9.88. The molecule has 1 aliphatic rings. The van der Waals surface area contributed by atoms with Gasteiger partial charge in [0.05, 0.1) is 17.5 Å². The maximum Gasteiger partial charge on any atom is 0.166 e. The fourth-order valence-corrected chi connectivity index (χ4v) is 1.76. The third-order valence-corrected chi connectivity index (χ3v) is 2.86. The zero-order valence-corrected chi connectivity index (χ0v) is 9.63. The SMILES string of the molecule is CC(C)(C)c1[nH]ncc1C(=O)CC1CC1. The van der Waals surface area contributed by atoms with E-state index in [2.05, 4.69) is 31.0 Å². The van der Waals surface area contributed by atoms with E-state index in [0.29, 0.717) is 12.3 Å². The number of ketones is 1. The fraction of sp³-hybridized carbons (Fsp3) is 0.667. The summed E-state index contributed by atoms with van der Waals surface area (Å²) in [5, 5.41) is 6.94. The molecular formula is C12H18N2O. The molecule has 2 rings (SSSR count). The topological polar surface area (TPSA) is 45.8 Å². The number of nitrogens with one attached hydrogen (secondary N) is 1. The van der Waals surface area contributed by atoms with Gasteiger partial charge in [-0.15, -0.1) is 0 Å². The second-order valence-electron chi connectivity index (χ2n) is 5.48. The van der Waals surface area contributed by atoms with Gasteiger partial charge >= 0.3 is 0 Å². The molecule has 0 bridgehead atoms. The molecule has 0 amide bonds. The Bertz CT molecular complexity index is 369. The molecule has 1 fully saturated rings. The molecule has 0 atom stereocenters. The normalized spacial score (nSPS) is 16.7. The zero-order chi connectivity index (χ0) is 11.1. The summed E-state index contributed by atoms with van der Waals surface area (Å²) in [6, 6.07) is 0. The van der Waals surface area contributed by atoms with Crippen LogP contribution in [0.4, 0.5) is 0 Å². The highest BCUT2D eigenvalue weighted by atomic mass is 16.1. The number of aromatic nitrogens is 2. The minimum absolute atomic E-state index is 0.0367. The van der Waals surface area contributed by atoms with E-state index < -0.39 is 0 Å². The maximum atomic E-state index is 12.0. The van der Waals surface area contributed by atoms with Crippen molar-refractivity contribution >= 4 is 5.78 Å². The summed E-state index contributed by atoms with van der Waals surface area (Å²) in [6.45, 7) is 6.28. The van der Waals surface area contributed by atoms with Gasteiger partial charge in [-0.05, 0) is 18.8 Å². The molecule has 82 valence electrons. The van der Waals surface area contributed by atoms with Gasteiger partial charge in [-0.3, -0.25) is 9.89 Å². The Labute approximate surface area is 90.3 Å². The zero-order valence-electron chi connectivity index (χ0n) is 9.63. The number of hydrogen-bond donors (Lipinski definition) is 1. The third-order valence-electron chi connectivity index (χ3n) is 2.86. The summed E-state index contributed by atoms with van der Waals surface area (Å²) in [7, 11) is 0. The van der Waals surface area contributed by atoms with E-state index in [4.69, 9.17) is 0 Å². The quantitative estimate of drug-likeness (QED) is 0.773. The molecule has 0 saturated heterocycles. The first-order valence-corrected chi connectivity index (χ1v) is 5.55. The minimum atomic E-state index is -0.0367. The third kappa shape index (κ3) is 2.28. The van der Waals surface area contributed by atoms with Gasteiger partial charge in [-0.1, -0.05) is 20.8 Å². The van der Waals surface area contributed by atoms with Crippen molar-refractivity contribution < 1.29 is 4.79 Å². The summed E-state index contributed by atoms with van der Waals surface area (Å²) in [5.74, 6) is 0.886. The first-order chi connectivity index (χ1) is 6.98. The Hall–Kier alpha value is -1.12. The standard InChI is InChI=1S/C12H18N2O/c1-12(2,3)11-9(7-13-14-11)10(15)6-8-4-5-8/h7-8H,4-6H2,1-3H3,(H,13,14). The van der Waals surface area contributed by atoms with Crippen LogP contribution in [0.3, 0.4) is 0 Å². The first kappa shape index (κ1) is 10.4. The van der Waals surface area contributed by atoms with Crippen molar-refractivity contribution in [1.82, 2.24) is 10.2 Å². The number of carbonyl (C=O) groups is 1. The lowest BCUT2D eigenvalue weighted by Gasteiger charge is -2.17. The molecule has 3 heteroatoms. The van der Waals surface area contributed by atoms with Gasteiger partial charge in [0.2, 0.25) is 0 Å². The van der Waals surface area contributed by atoms with Gasteiger partial charge in [0.25, 0.3) is 0 Å². The molecule has 1 aliphatic carbocycles. The van der Waals surface area contributed by atoms with E-state index >= 15 is 0 Å².